The fraction of sp³-hybridized carbons (Fsp3) is 1.00. The summed E-state index contributed by atoms with van der Waals surface area (Å²) in [4.78, 5) is 0. The van der Waals surface area contributed by atoms with E-state index >= 15 is 0 Å². The fourth-order valence-corrected chi connectivity index (χ4v) is 3.58. The summed E-state index contributed by atoms with van der Waals surface area (Å²) in [7, 11) is -3.32. The lowest BCUT2D eigenvalue weighted by Crippen LogP contribution is -2.56. The van der Waals surface area contributed by atoms with Gasteiger partial charge in [-0.15, -0.1) is 11.6 Å². The van der Waals surface area contributed by atoms with Gasteiger partial charge in [0.2, 0.25) is 10.0 Å². The molecule has 1 fully saturated rings. The zero-order valence-electron chi connectivity index (χ0n) is 11.2. The Morgan fingerprint density at radius 3 is 2.12 bits per heavy atom. The van der Waals surface area contributed by atoms with Gasteiger partial charge in [-0.05, 0) is 52.4 Å². The molecule has 102 valence electrons. The van der Waals surface area contributed by atoms with Crippen LogP contribution in [0.15, 0.2) is 0 Å². The zero-order chi connectivity index (χ0) is 13.3. The lowest BCUT2D eigenvalue weighted by Gasteiger charge is -2.40. The highest BCUT2D eigenvalue weighted by Gasteiger charge is 2.40. The number of halogens is 1. The summed E-state index contributed by atoms with van der Waals surface area (Å²) in [6.45, 7) is 7.34. The summed E-state index contributed by atoms with van der Waals surface area (Å²) in [5.74, 6) is 1.03. The third-order valence-electron chi connectivity index (χ3n) is 3.64. The minimum absolute atomic E-state index is 0.356. The van der Waals surface area contributed by atoms with Crippen LogP contribution in [0.4, 0.5) is 0 Å². The van der Waals surface area contributed by atoms with Crippen molar-refractivity contribution in [2.45, 2.75) is 63.7 Å². The Morgan fingerprint density at radius 1 is 1.29 bits per heavy atom. The van der Waals surface area contributed by atoms with E-state index in [1.165, 1.54) is 0 Å². The van der Waals surface area contributed by atoms with Gasteiger partial charge in [0.15, 0.2) is 0 Å². The molecule has 5 heteroatoms. The van der Waals surface area contributed by atoms with E-state index in [9.17, 15) is 8.42 Å². The average Bonchev–Trinajstić information content (AvgIpc) is 2.20. The summed E-state index contributed by atoms with van der Waals surface area (Å²) in [6, 6.07) is 0. The number of hydrogen-bond donors (Lipinski definition) is 1. The summed E-state index contributed by atoms with van der Waals surface area (Å²) < 4.78 is 26.5. The highest BCUT2D eigenvalue weighted by molar-refractivity contribution is 7.90. The van der Waals surface area contributed by atoms with Crippen LogP contribution in [0.25, 0.3) is 0 Å². The van der Waals surface area contributed by atoms with Crippen molar-refractivity contribution in [3.8, 4) is 0 Å². The van der Waals surface area contributed by atoms with Gasteiger partial charge in [-0.2, -0.15) is 0 Å². The SMILES string of the molecule is CC1CCC(CCl)(NS(=O)(=O)C(C)(C)C)CC1. The van der Waals surface area contributed by atoms with Gasteiger partial charge in [0.25, 0.3) is 0 Å². The van der Waals surface area contributed by atoms with Crippen LogP contribution in [-0.2, 0) is 10.0 Å². The molecule has 17 heavy (non-hydrogen) atoms. The molecule has 0 aromatic rings. The first-order valence-corrected chi connectivity index (χ1v) is 8.23. The second-order valence-electron chi connectivity index (χ2n) is 6.31. The maximum Gasteiger partial charge on any atom is 0.217 e. The highest BCUT2D eigenvalue weighted by Crippen LogP contribution is 2.34. The molecule has 0 heterocycles. The molecule has 0 spiro atoms. The monoisotopic (exact) mass is 281 g/mol. The summed E-state index contributed by atoms with van der Waals surface area (Å²) in [6.07, 6.45) is 3.76. The number of alkyl halides is 1. The molecule has 1 saturated carbocycles. The van der Waals surface area contributed by atoms with E-state index in [-0.39, 0.29) is 0 Å². The molecule has 0 atom stereocenters. The predicted octanol–water partition coefficient (Wildman–Crippen LogP) is 2.89. The van der Waals surface area contributed by atoms with Crippen LogP contribution in [0.1, 0.15) is 53.4 Å². The largest absolute Gasteiger partial charge is 0.217 e. The van der Waals surface area contributed by atoms with Crippen molar-refractivity contribution < 1.29 is 8.42 Å². The Bertz CT molecular complexity index is 351. The molecule has 0 saturated heterocycles. The van der Waals surface area contributed by atoms with Crippen LogP contribution < -0.4 is 4.72 Å². The molecule has 1 aliphatic rings. The Kier molecular flexibility index (Phi) is 4.54. The van der Waals surface area contributed by atoms with Crippen LogP contribution in [0.2, 0.25) is 0 Å². The first-order valence-electron chi connectivity index (χ1n) is 6.21. The number of sulfonamides is 1. The first kappa shape index (κ1) is 15.3. The lowest BCUT2D eigenvalue weighted by molar-refractivity contribution is 0.246. The van der Waals surface area contributed by atoms with Crippen molar-refractivity contribution in [2.24, 2.45) is 5.92 Å². The molecule has 0 bridgehead atoms. The maximum atomic E-state index is 12.2. The molecule has 3 nitrogen and oxygen atoms in total. The minimum Gasteiger partial charge on any atom is -0.212 e. The smallest absolute Gasteiger partial charge is 0.212 e. The van der Waals surface area contributed by atoms with Crippen LogP contribution in [0.5, 0.6) is 0 Å². The average molecular weight is 282 g/mol. The van der Waals surface area contributed by atoms with Crippen LogP contribution in [0.3, 0.4) is 0 Å². The molecule has 0 aromatic carbocycles. The predicted molar refractivity (Wildman–Crippen MR) is 72.9 cm³/mol. The van der Waals surface area contributed by atoms with E-state index in [4.69, 9.17) is 11.6 Å². The topological polar surface area (TPSA) is 46.2 Å². The standard InChI is InChI=1S/C12H24ClNO2S/c1-10-5-7-12(9-13,8-6-10)14-17(15,16)11(2,3)4/h10,14H,5-9H2,1-4H3. The normalized spacial score (nSPS) is 31.5. The molecular weight excluding hydrogens is 258 g/mol. The molecule has 0 amide bonds. The summed E-state index contributed by atoms with van der Waals surface area (Å²) in [5.41, 5.74) is -0.430. The van der Waals surface area contributed by atoms with Crippen molar-refractivity contribution in [1.82, 2.24) is 4.72 Å². The highest BCUT2D eigenvalue weighted by atomic mass is 35.5. The van der Waals surface area contributed by atoms with E-state index in [1.807, 2.05) is 0 Å². The molecule has 1 N–H and O–H groups in total. The second kappa shape index (κ2) is 5.06. The number of hydrogen-bond acceptors (Lipinski definition) is 2. The molecule has 1 rings (SSSR count). The van der Waals surface area contributed by atoms with Crippen molar-refractivity contribution in [3.05, 3.63) is 0 Å². The van der Waals surface area contributed by atoms with Crippen LogP contribution in [0, 0.1) is 5.92 Å². The molecule has 0 aliphatic heterocycles. The van der Waals surface area contributed by atoms with Crippen molar-refractivity contribution in [1.29, 1.82) is 0 Å². The van der Waals surface area contributed by atoms with Crippen LogP contribution in [-0.4, -0.2) is 24.6 Å². The van der Waals surface area contributed by atoms with Gasteiger partial charge in [-0.25, -0.2) is 13.1 Å². The van der Waals surface area contributed by atoms with E-state index in [0.29, 0.717) is 11.8 Å². The number of rotatable bonds is 3. The zero-order valence-corrected chi connectivity index (χ0v) is 12.8. The molecular formula is C12H24ClNO2S. The van der Waals surface area contributed by atoms with Gasteiger partial charge in [-0.3, -0.25) is 0 Å². The van der Waals surface area contributed by atoms with E-state index in [2.05, 4.69) is 11.6 Å². The van der Waals surface area contributed by atoms with Crippen molar-refractivity contribution in [2.75, 3.05) is 5.88 Å². The van der Waals surface area contributed by atoms with E-state index in [0.717, 1.165) is 25.7 Å². The molecule has 0 aromatic heterocycles. The molecule has 1 aliphatic carbocycles. The maximum absolute atomic E-state index is 12.2. The summed E-state index contributed by atoms with van der Waals surface area (Å²) in [5, 5.41) is 0. The van der Waals surface area contributed by atoms with Crippen molar-refractivity contribution >= 4 is 21.6 Å². The van der Waals surface area contributed by atoms with Gasteiger partial charge < -0.3 is 0 Å². The minimum atomic E-state index is -3.32. The van der Waals surface area contributed by atoms with Gasteiger partial charge in [0.1, 0.15) is 0 Å². The van der Waals surface area contributed by atoms with E-state index < -0.39 is 20.3 Å². The van der Waals surface area contributed by atoms with Gasteiger partial charge >= 0.3 is 0 Å². The Balaban J connectivity index is 2.84. The van der Waals surface area contributed by atoms with Crippen molar-refractivity contribution in [3.63, 3.8) is 0 Å². The Hall–Kier alpha value is 0.200. The second-order valence-corrected chi connectivity index (χ2v) is 9.02. The van der Waals surface area contributed by atoms with Gasteiger partial charge in [0.05, 0.1) is 4.75 Å². The number of nitrogens with one attached hydrogen (secondary N) is 1. The Morgan fingerprint density at radius 2 is 1.76 bits per heavy atom. The fourth-order valence-electron chi connectivity index (χ4n) is 2.02. The van der Waals surface area contributed by atoms with Gasteiger partial charge in [0, 0.05) is 11.4 Å². The third kappa shape index (κ3) is 3.58. The summed E-state index contributed by atoms with van der Waals surface area (Å²) >= 11 is 6.01. The molecule has 0 radical (unpaired) electrons. The first-order chi connectivity index (χ1) is 7.62. The lowest BCUT2D eigenvalue weighted by atomic mass is 9.79. The quantitative estimate of drug-likeness (QED) is 0.809. The molecule has 0 unspecified atom stereocenters. The van der Waals surface area contributed by atoms with Gasteiger partial charge in [-0.1, -0.05) is 6.92 Å². The third-order valence-corrected chi connectivity index (χ3v) is 6.47. The Labute approximate surface area is 110 Å². The van der Waals surface area contributed by atoms with E-state index in [1.54, 1.807) is 20.8 Å². The van der Waals surface area contributed by atoms with Crippen LogP contribution >= 0.6 is 11.6 Å².